The number of nitrogens with zero attached hydrogens (tertiary/aromatic N) is 3. The fraction of sp³-hybridized carbons (Fsp3) is 0.933. The van der Waals surface area contributed by atoms with E-state index in [0.717, 1.165) is 25.5 Å². The molecule has 1 atom stereocenters. The molecule has 2 fully saturated rings. The van der Waals surface area contributed by atoms with Crippen molar-refractivity contribution in [3.8, 4) is 0 Å². The Kier molecular flexibility index (Phi) is 8.91. The SMILES string of the molecule is CN=C(NCC1CCN(S(=O)(=O)C(F)(F)F)CC1)N1CCCC(C)C1.I. The van der Waals surface area contributed by atoms with Crippen molar-refractivity contribution in [3.05, 3.63) is 0 Å². The van der Waals surface area contributed by atoms with Crippen LogP contribution in [0.25, 0.3) is 0 Å². The fourth-order valence-electron chi connectivity index (χ4n) is 3.45. The highest BCUT2D eigenvalue weighted by Crippen LogP contribution is 2.30. The smallest absolute Gasteiger partial charge is 0.356 e. The molecule has 0 aromatic carbocycles. The fourth-order valence-corrected chi connectivity index (χ4v) is 4.43. The van der Waals surface area contributed by atoms with E-state index in [9.17, 15) is 21.6 Å². The lowest BCUT2D eigenvalue weighted by atomic mass is 9.98. The van der Waals surface area contributed by atoms with E-state index < -0.39 is 15.5 Å². The molecule has 1 N–H and O–H groups in total. The van der Waals surface area contributed by atoms with Gasteiger partial charge < -0.3 is 10.2 Å². The van der Waals surface area contributed by atoms with Gasteiger partial charge in [0.2, 0.25) is 0 Å². The first-order valence-electron chi connectivity index (χ1n) is 8.67. The van der Waals surface area contributed by atoms with E-state index in [2.05, 4.69) is 22.1 Å². The Hall–Kier alpha value is -0.300. The van der Waals surface area contributed by atoms with Gasteiger partial charge in [0.05, 0.1) is 0 Å². The molecule has 2 aliphatic rings. The zero-order valence-electron chi connectivity index (χ0n) is 15.1. The summed E-state index contributed by atoms with van der Waals surface area (Å²) in [6.45, 7) is 4.52. The first-order valence-corrected chi connectivity index (χ1v) is 10.1. The van der Waals surface area contributed by atoms with Crippen molar-refractivity contribution in [1.29, 1.82) is 0 Å². The first kappa shape index (κ1) is 23.7. The van der Waals surface area contributed by atoms with Gasteiger partial charge in [0.1, 0.15) is 0 Å². The average Bonchev–Trinajstić information content (AvgIpc) is 2.55. The highest BCUT2D eigenvalue weighted by Gasteiger charge is 2.50. The molecule has 11 heteroatoms. The minimum Gasteiger partial charge on any atom is -0.356 e. The molecule has 0 bridgehead atoms. The number of guanidine groups is 1. The van der Waals surface area contributed by atoms with Gasteiger partial charge in [-0.15, -0.1) is 24.0 Å². The van der Waals surface area contributed by atoms with Crippen LogP contribution in [0.1, 0.15) is 32.6 Å². The third-order valence-corrected chi connectivity index (χ3v) is 6.55. The Morgan fingerprint density at radius 3 is 2.31 bits per heavy atom. The van der Waals surface area contributed by atoms with E-state index in [4.69, 9.17) is 0 Å². The molecule has 0 radical (unpaired) electrons. The molecule has 0 amide bonds. The lowest BCUT2D eigenvalue weighted by Crippen LogP contribution is -2.49. The summed E-state index contributed by atoms with van der Waals surface area (Å²) in [5, 5.41) is 3.30. The Labute approximate surface area is 170 Å². The van der Waals surface area contributed by atoms with Gasteiger partial charge in [0.25, 0.3) is 0 Å². The lowest BCUT2D eigenvalue weighted by Gasteiger charge is -2.35. The van der Waals surface area contributed by atoms with Crippen LogP contribution in [0.2, 0.25) is 0 Å². The molecular weight excluding hydrogens is 484 g/mol. The van der Waals surface area contributed by atoms with Crippen molar-refractivity contribution in [2.45, 2.75) is 38.1 Å². The van der Waals surface area contributed by atoms with E-state index in [0.29, 0.717) is 29.6 Å². The Morgan fingerprint density at radius 1 is 1.19 bits per heavy atom. The maximum atomic E-state index is 12.6. The van der Waals surface area contributed by atoms with Gasteiger partial charge in [-0.25, -0.2) is 8.42 Å². The van der Waals surface area contributed by atoms with Crippen molar-refractivity contribution in [2.75, 3.05) is 39.8 Å². The Balaban J connectivity index is 0.00000338. The van der Waals surface area contributed by atoms with Gasteiger partial charge in [0, 0.05) is 39.8 Å². The van der Waals surface area contributed by atoms with Crippen LogP contribution in [0.3, 0.4) is 0 Å². The van der Waals surface area contributed by atoms with E-state index in [-0.39, 0.29) is 43.0 Å². The highest BCUT2D eigenvalue weighted by atomic mass is 127. The molecule has 0 spiro atoms. The number of rotatable bonds is 3. The molecule has 154 valence electrons. The van der Waals surface area contributed by atoms with Gasteiger partial charge in [-0.2, -0.15) is 17.5 Å². The molecular formula is C15H28F3IN4O2S. The minimum absolute atomic E-state index is 0. The predicted molar refractivity (Wildman–Crippen MR) is 106 cm³/mol. The summed E-state index contributed by atoms with van der Waals surface area (Å²) >= 11 is 0. The van der Waals surface area contributed by atoms with Gasteiger partial charge >= 0.3 is 15.5 Å². The normalized spacial score (nSPS) is 24.3. The van der Waals surface area contributed by atoms with Crippen molar-refractivity contribution in [3.63, 3.8) is 0 Å². The molecule has 26 heavy (non-hydrogen) atoms. The second-order valence-corrected chi connectivity index (χ2v) is 8.84. The van der Waals surface area contributed by atoms with Crippen molar-refractivity contribution >= 4 is 40.0 Å². The summed E-state index contributed by atoms with van der Waals surface area (Å²) in [5.41, 5.74) is -5.22. The van der Waals surface area contributed by atoms with Crippen molar-refractivity contribution in [2.24, 2.45) is 16.8 Å². The van der Waals surface area contributed by atoms with Gasteiger partial charge in [-0.3, -0.25) is 4.99 Å². The molecule has 0 aromatic rings. The van der Waals surface area contributed by atoms with Crippen molar-refractivity contribution < 1.29 is 21.6 Å². The summed E-state index contributed by atoms with van der Waals surface area (Å²) in [6.07, 6.45) is 3.15. The van der Waals surface area contributed by atoms with Crippen LogP contribution in [0.15, 0.2) is 4.99 Å². The maximum Gasteiger partial charge on any atom is 0.511 e. The van der Waals surface area contributed by atoms with Crippen LogP contribution in [0.4, 0.5) is 13.2 Å². The molecule has 2 aliphatic heterocycles. The number of nitrogens with one attached hydrogen (secondary N) is 1. The molecule has 0 aliphatic carbocycles. The predicted octanol–water partition coefficient (Wildman–Crippen LogP) is 2.47. The standard InChI is InChI=1S/C15H27F3N4O2S.HI/c1-12-4-3-7-21(11-12)14(19-2)20-10-13-5-8-22(9-6-13)25(23,24)15(16,17)18;/h12-13H,3-11H2,1-2H3,(H,19,20);1H. The number of hydrogen-bond acceptors (Lipinski definition) is 3. The van der Waals surface area contributed by atoms with Gasteiger partial charge in [-0.05, 0) is 37.5 Å². The maximum absolute atomic E-state index is 12.6. The summed E-state index contributed by atoms with van der Waals surface area (Å²) in [5.74, 6) is 1.57. The molecule has 0 aromatic heterocycles. The lowest BCUT2D eigenvalue weighted by molar-refractivity contribution is -0.0496. The second-order valence-electron chi connectivity index (χ2n) is 6.91. The van der Waals surface area contributed by atoms with E-state index in [1.165, 1.54) is 6.42 Å². The third-order valence-electron chi connectivity index (χ3n) is 4.92. The van der Waals surface area contributed by atoms with Crippen LogP contribution in [-0.4, -0.2) is 68.9 Å². The van der Waals surface area contributed by atoms with E-state index in [1.54, 1.807) is 7.05 Å². The quantitative estimate of drug-likeness (QED) is 0.359. The molecule has 6 nitrogen and oxygen atoms in total. The van der Waals surface area contributed by atoms with E-state index in [1.807, 2.05) is 0 Å². The van der Waals surface area contributed by atoms with Crippen LogP contribution in [0, 0.1) is 11.8 Å². The number of aliphatic imine (C=N–C) groups is 1. The van der Waals surface area contributed by atoms with Crippen LogP contribution in [-0.2, 0) is 10.0 Å². The highest BCUT2D eigenvalue weighted by molar-refractivity contribution is 14.0. The summed E-state index contributed by atoms with van der Waals surface area (Å²) in [6, 6.07) is 0. The summed E-state index contributed by atoms with van der Waals surface area (Å²) in [4.78, 5) is 6.50. The first-order chi connectivity index (χ1) is 11.6. The zero-order chi connectivity index (χ0) is 18.7. The minimum atomic E-state index is -5.22. The average molecular weight is 512 g/mol. The number of likely N-dealkylation sites (tertiary alicyclic amines) is 1. The molecule has 2 rings (SSSR count). The zero-order valence-corrected chi connectivity index (χ0v) is 18.3. The van der Waals surface area contributed by atoms with Crippen LogP contribution in [0.5, 0.6) is 0 Å². The van der Waals surface area contributed by atoms with Crippen molar-refractivity contribution in [1.82, 2.24) is 14.5 Å². The largest absolute Gasteiger partial charge is 0.511 e. The number of hydrogen-bond donors (Lipinski definition) is 1. The van der Waals surface area contributed by atoms with Crippen LogP contribution < -0.4 is 5.32 Å². The van der Waals surface area contributed by atoms with E-state index >= 15 is 0 Å². The third kappa shape index (κ3) is 5.85. The molecule has 2 saturated heterocycles. The summed E-state index contributed by atoms with van der Waals surface area (Å²) < 4.78 is 61.2. The Morgan fingerprint density at radius 2 is 1.81 bits per heavy atom. The van der Waals surface area contributed by atoms with Gasteiger partial charge in [-0.1, -0.05) is 6.92 Å². The number of piperidine rings is 2. The summed E-state index contributed by atoms with van der Waals surface area (Å²) in [7, 11) is -3.48. The van der Waals surface area contributed by atoms with Crippen LogP contribution >= 0.6 is 24.0 Å². The topological polar surface area (TPSA) is 65.0 Å². The number of alkyl halides is 3. The molecule has 1 unspecified atom stereocenters. The second kappa shape index (κ2) is 9.76. The number of sulfonamides is 1. The molecule has 0 saturated carbocycles. The van der Waals surface area contributed by atoms with Gasteiger partial charge in [0.15, 0.2) is 5.96 Å². The monoisotopic (exact) mass is 512 g/mol. The number of halogens is 4. The Bertz CT molecular complexity index is 578. The molecule has 2 heterocycles.